The fourth-order valence-corrected chi connectivity index (χ4v) is 3.04. The quantitative estimate of drug-likeness (QED) is 0.937. The van der Waals surface area contributed by atoms with Crippen molar-refractivity contribution in [1.29, 1.82) is 0 Å². The number of benzene rings is 1. The molecule has 1 fully saturated rings. The average Bonchev–Trinajstić information content (AvgIpc) is 2.98. The molecule has 1 aliphatic rings. The maximum atomic E-state index is 13.2. The standard InChI is InChI=1S/C16H20FN3O3/c1-22-16(21)18-6-9-20-7-4-11(5-8-20)15-13-3-2-12(17)10-14(13)23-19-15/h2-3,10-11H,4-9H2,1H3,(H,18,21). The number of halogens is 1. The Morgan fingerprint density at radius 1 is 1.48 bits per heavy atom. The first-order valence-corrected chi connectivity index (χ1v) is 7.76. The van der Waals surface area contributed by atoms with Gasteiger partial charge in [-0.25, -0.2) is 9.18 Å². The van der Waals surface area contributed by atoms with E-state index >= 15 is 0 Å². The molecular weight excluding hydrogens is 301 g/mol. The number of carbonyl (C=O) groups excluding carboxylic acids is 1. The van der Waals surface area contributed by atoms with Gasteiger partial charge in [0.15, 0.2) is 5.58 Å². The van der Waals surface area contributed by atoms with Crippen LogP contribution in [0.1, 0.15) is 24.5 Å². The van der Waals surface area contributed by atoms with Gasteiger partial charge in [0.2, 0.25) is 0 Å². The second-order valence-electron chi connectivity index (χ2n) is 5.74. The van der Waals surface area contributed by atoms with E-state index in [0.717, 1.165) is 43.6 Å². The minimum absolute atomic E-state index is 0.312. The molecule has 0 unspecified atom stereocenters. The van der Waals surface area contributed by atoms with E-state index in [-0.39, 0.29) is 5.82 Å². The Morgan fingerprint density at radius 2 is 2.26 bits per heavy atom. The Balaban J connectivity index is 1.55. The molecule has 0 aliphatic carbocycles. The fraction of sp³-hybridized carbons (Fsp3) is 0.500. The Bertz CT molecular complexity index is 680. The number of fused-ring (bicyclic) bond motifs is 1. The molecule has 0 bridgehead atoms. The van der Waals surface area contributed by atoms with Crippen LogP contribution in [0.4, 0.5) is 9.18 Å². The number of aromatic nitrogens is 1. The molecule has 1 aliphatic heterocycles. The van der Waals surface area contributed by atoms with E-state index in [2.05, 4.69) is 20.1 Å². The van der Waals surface area contributed by atoms with Crippen molar-refractivity contribution in [3.8, 4) is 0 Å². The van der Waals surface area contributed by atoms with Crippen LogP contribution in [-0.2, 0) is 4.74 Å². The highest BCUT2D eigenvalue weighted by Gasteiger charge is 2.25. The summed E-state index contributed by atoms with van der Waals surface area (Å²) in [4.78, 5) is 13.3. The van der Waals surface area contributed by atoms with Crippen molar-refractivity contribution in [3.05, 3.63) is 29.7 Å². The summed E-state index contributed by atoms with van der Waals surface area (Å²) in [5.74, 6) is 0.0136. The Morgan fingerprint density at radius 3 is 3.00 bits per heavy atom. The number of nitrogens with zero attached hydrogens (tertiary/aromatic N) is 2. The largest absolute Gasteiger partial charge is 0.453 e. The molecule has 0 atom stereocenters. The molecule has 0 radical (unpaired) electrons. The van der Waals surface area contributed by atoms with Crippen LogP contribution in [0.5, 0.6) is 0 Å². The number of piperidine rings is 1. The highest BCUT2D eigenvalue weighted by molar-refractivity contribution is 5.79. The lowest BCUT2D eigenvalue weighted by molar-refractivity contribution is 0.165. The maximum absolute atomic E-state index is 13.2. The van der Waals surface area contributed by atoms with Crippen LogP contribution in [0.15, 0.2) is 22.7 Å². The van der Waals surface area contributed by atoms with Gasteiger partial charge in [-0.3, -0.25) is 0 Å². The third kappa shape index (κ3) is 3.61. The van der Waals surface area contributed by atoms with Gasteiger partial charge in [-0.1, -0.05) is 5.16 Å². The van der Waals surface area contributed by atoms with Crippen LogP contribution in [0.2, 0.25) is 0 Å². The zero-order valence-corrected chi connectivity index (χ0v) is 13.0. The number of hydrogen-bond donors (Lipinski definition) is 1. The van der Waals surface area contributed by atoms with Crippen molar-refractivity contribution < 1.29 is 18.4 Å². The van der Waals surface area contributed by atoms with Gasteiger partial charge in [-0.05, 0) is 38.1 Å². The number of likely N-dealkylation sites (tertiary alicyclic amines) is 1. The zero-order valence-electron chi connectivity index (χ0n) is 13.0. The summed E-state index contributed by atoms with van der Waals surface area (Å²) in [7, 11) is 1.36. The molecule has 2 heterocycles. The van der Waals surface area contributed by atoms with E-state index < -0.39 is 6.09 Å². The van der Waals surface area contributed by atoms with Gasteiger partial charge in [-0.2, -0.15) is 0 Å². The van der Waals surface area contributed by atoms with Crippen molar-refractivity contribution in [2.24, 2.45) is 0 Å². The van der Waals surface area contributed by atoms with Gasteiger partial charge in [0.1, 0.15) is 5.82 Å². The van der Waals surface area contributed by atoms with Crippen LogP contribution < -0.4 is 5.32 Å². The first-order chi connectivity index (χ1) is 11.2. The molecule has 3 rings (SSSR count). The number of alkyl carbamates (subject to hydrolysis) is 1. The lowest BCUT2D eigenvalue weighted by Crippen LogP contribution is -2.39. The summed E-state index contributed by atoms with van der Waals surface area (Å²) in [6.07, 6.45) is 1.54. The Labute approximate surface area is 133 Å². The first-order valence-electron chi connectivity index (χ1n) is 7.76. The normalized spacial score (nSPS) is 16.6. The summed E-state index contributed by atoms with van der Waals surface area (Å²) in [5, 5.41) is 7.73. The van der Waals surface area contributed by atoms with Gasteiger partial charge in [-0.15, -0.1) is 0 Å². The molecule has 1 aromatic heterocycles. The summed E-state index contributed by atoms with van der Waals surface area (Å²) in [5.41, 5.74) is 1.43. The lowest BCUT2D eigenvalue weighted by Gasteiger charge is -2.31. The summed E-state index contributed by atoms with van der Waals surface area (Å²) >= 11 is 0. The molecular formula is C16H20FN3O3. The molecule has 2 aromatic rings. The molecule has 23 heavy (non-hydrogen) atoms. The van der Waals surface area contributed by atoms with Gasteiger partial charge >= 0.3 is 6.09 Å². The zero-order chi connectivity index (χ0) is 16.2. The predicted octanol–water partition coefficient (Wildman–Crippen LogP) is 2.50. The number of nitrogens with one attached hydrogen (secondary N) is 1. The van der Waals surface area contributed by atoms with Crippen LogP contribution in [-0.4, -0.2) is 49.4 Å². The predicted molar refractivity (Wildman–Crippen MR) is 82.8 cm³/mol. The van der Waals surface area contributed by atoms with E-state index in [0.29, 0.717) is 18.0 Å². The van der Waals surface area contributed by atoms with Crippen LogP contribution in [0.3, 0.4) is 0 Å². The number of carbonyl (C=O) groups is 1. The lowest BCUT2D eigenvalue weighted by atomic mass is 9.91. The smallest absolute Gasteiger partial charge is 0.406 e. The molecule has 1 aromatic carbocycles. The molecule has 124 valence electrons. The van der Waals surface area contributed by atoms with E-state index in [1.165, 1.54) is 19.2 Å². The number of ether oxygens (including phenoxy) is 1. The molecule has 0 spiro atoms. The highest BCUT2D eigenvalue weighted by atomic mass is 19.1. The average molecular weight is 321 g/mol. The second-order valence-corrected chi connectivity index (χ2v) is 5.74. The summed E-state index contributed by atoms with van der Waals surface area (Å²) in [6.45, 7) is 3.24. The number of hydrogen-bond acceptors (Lipinski definition) is 5. The Hall–Kier alpha value is -2.15. The fourth-order valence-electron chi connectivity index (χ4n) is 3.04. The summed E-state index contributed by atoms with van der Waals surface area (Å²) in [6, 6.07) is 4.55. The van der Waals surface area contributed by atoms with Crippen molar-refractivity contribution in [1.82, 2.24) is 15.4 Å². The van der Waals surface area contributed by atoms with Crippen molar-refractivity contribution in [3.63, 3.8) is 0 Å². The van der Waals surface area contributed by atoms with Gasteiger partial charge < -0.3 is 19.5 Å². The summed E-state index contributed by atoms with van der Waals surface area (Å²) < 4.78 is 23.0. The van der Waals surface area contributed by atoms with Crippen LogP contribution in [0.25, 0.3) is 11.0 Å². The molecule has 7 heteroatoms. The molecule has 1 saturated heterocycles. The van der Waals surface area contributed by atoms with E-state index in [1.807, 2.05) is 0 Å². The van der Waals surface area contributed by atoms with Gasteiger partial charge in [0, 0.05) is 30.5 Å². The second kappa shape index (κ2) is 6.95. The van der Waals surface area contributed by atoms with Crippen LogP contribution >= 0.6 is 0 Å². The van der Waals surface area contributed by atoms with E-state index in [4.69, 9.17) is 4.52 Å². The third-order valence-corrected chi connectivity index (χ3v) is 4.32. The molecule has 0 saturated carbocycles. The van der Waals surface area contributed by atoms with Gasteiger partial charge in [0.25, 0.3) is 0 Å². The van der Waals surface area contributed by atoms with Gasteiger partial charge in [0.05, 0.1) is 12.8 Å². The first kappa shape index (κ1) is 15.7. The van der Waals surface area contributed by atoms with Crippen LogP contribution in [0, 0.1) is 5.82 Å². The topological polar surface area (TPSA) is 67.6 Å². The van der Waals surface area contributed by atoms with E-state index in [1.54, 1.807) is 6.07 Å². The van der Waals surface area contributed by atoms with E-state index in [9.17, 15) is 9.18 Å². The minimum atomic E-state index is -0.402. The minimum Gasteiger partial charge on any atom is -0.453 e. The number of rotatable bonds is 4. The third-order valence-electron chi connectivity index (χ3n) is 4.32. The highest BCUT2D eigenvalue weighted by Crippen LogP contribution is 2.32. The molecule has 6 nitrogen and oxygen atoms in total. The molecule has 1 N–H and O–H groups in total. The Kier molecular flexibility index (Phi) is 4.76. The number of methoxy groups -OCH3 is 1. The van der Waals surface area contributed by atoms with Crippen molar-refractivity contribution in [2.75, 3.05) is 33.3 Å². The maximum Gasteiger partial charge on any atom is 0.406 e. The van der Waals surface area contributed by atoms with Crippen molar-refractivity contribution in [2.45, 2.75) is 18.8 Å². The molecule has 1 amide bonds. The number of amides is 1. The SMILES string of the molecule is COC(=O)NCCN1CCC(c2noc3cc(F)ccc23)CC1. The monoisotopic (exact) mass is 321 g/mol. The van der Waals surface area contributed by atoms with Crippen molar-refractivity contribution >= 4 is 17.1 Å².